The highest BCUT2D eigenvalue weighted by molar-refractivity contribution is 5.98. The fourth-order valence-corrected chi connectivity index (χ4v) is 2.52. The van der Waals surface area contributed by atoms with Crippen molar-refractivity contribution >= 4 is 23.5 Å². The van der Waals surface area contributed by atoms with E-state index in [1.165, 1.54) is 18.3 Å². The van der Waals surface area contributed by atoms with Gasteiger partial charge in [-0.25, -0.2) is 9.78 Å². The molecule has 7 nitrogen and oxygen atoms in total. The van der Waals surface area contributed by atoms with Crippen LogP contribution in [0.4, 0.5) is 5.69 Å². The van der Waals surface area contributed by atoms with E-state index in [2.05, 4.69) is 10.3 Å². The first kappa shape index (κ1) is 13.5. The molecular weight excluding hydrogens is 274 g/mol. The number of nitrogens with one attached hydrogen (secondary N) is 1. The normalized spacial score (nSPS) is 21.4. The number of rotatable bonds is 4. The van der Waals surface area contributed by atoms with Crippen LogP contribution in [0.15, 0.2) is 18.3 Å². The summed E-state index contributed by atoms with van der Waals surface area (Å²) < 4.78 is 0. The zero-order valence-electron chi connectivity index (χ0n) is 11.3. The molecule has 1 aliphatic carbocycles. The molecule has 1 saturated carbocycles. The standard InChI is InChI=1S/C14H15N3O4/c18-12-5-8(7-17(12)10-1-2-10)13(19)16-9-3-4-15-11(6-9)14(20)21/h3-4,6,8,10H,1-2,5,7H2,(H,20,21)(H,15,16,19). The van der Waals surface area contributed by atoms with Crippen LogP contribution in [-0.4, -0.2) is 45.4 Å². The Labute approximate surface area is 121 Å². The summed E-state index contributed by atoms with van der Waals surface area (Å²) in [5.74, 6) is -1.76. The number of amides is 2. The molecule has 2 aliphatic rings. The summed E-state index contributed by atoms with van der Waals surface area (Å²) in [6.45, 7) is 0.451. The first-order chi connectivity index (χ1) is 10.0. The Morgan fingerprint density at radius 1 is 1.38 bits per heavy atom. The predicted octanol–water partition coefficient (Wildman–Crippen LogP) is 0.729. The molecule has 3 rings (SSSR count). The molecule has 2 fully saturated rings. The second-order valence-electron chi connectivity index (χ2n) is 5.40. The summed E-state index contributed by atoms with van der Waals surface area (Å²) in [4.78, 5) is 40.3. The van der Waals surface area contributed by atoms with E-state index in [0.29, 0.717) is 18.3 Å². The summed E-state index contributed by atoms with van der Waals surface area (Å²) >= 11 is 0. The third-order valence-electron chi connectivity index (χ3n) is 3.76. The Kier molecular flexibility index (Phi) is 3.32. The fraction of sp³-hybridized carbons (Fsp3) is 0.429. The van der Waals surface area contributed by atoms with Crippen LogP contribution in [0.25, 0.3) is 0 Å². The van der Waals surface area contributed by atoms with Crippen LogP contribution in [0, 0.1) is 5.92 Å². The van der Waals surface area contributed by atoms with E-state index in [1.807, 2.05) is 0 Å². The topological polar surface area (TPSA) is 99.6 Å². The maximum Gasteiger partial charge on any atom is 0.354 e. The van der Waals surface area contributed by atoms with Gasteiger partial charge in [0.05, 0.1) is 5.92 Å². The quantitative estimate of drug-likeness (QED) is 0.851. The minimum Gasteiger partial charge on any atom is -0.477 e. The molecular formula is C14H15N3O4. The van der Waals surface area contributed by atoms with Gasteiger partial charge in [-0.15, -0.1) is 0 Å². The van der Waals surface area contributed by atoms with Crippen molar-refractivity contribution in [2.45, 2.75) is 25.3 Å². The van der Waals surface area contributed by atoms with Crippen molar-refractivity contribution in [3.05, 3.63) is 24.0 Å². The summed E-state index contributed by atoms with van der Waals surface area (Å²) in [7, 11) is 0. The Morgan fingerprint density at radius 3 is 2.81 bits per heavy atom. The number of pyridine rings is 1. The van der Waals surface area contributed by atoms with Crippen molar-refractivity contribution in [2.24, 2.45) is 5.92 Å². The van der Waals surface area contributed by atoms with Crippen LogP contribution in [0.3, 0.4) is 0 Å². The summed E-state index contributed by atoms with van der Waals surface area (Å²) in [5.41, 5.74) is 0.250. The number of aromatic carboxylic acids is 1. The van der Waals surface area contributed by atoms with E-state index in [1.54, 1.807) is 4.90 Å². The highest BCUT2D eigenvalue weighted by atomic mass is 16.4. The molecule has 0 bridgehead atoms. The Morgan fingerprint density at radius 2 is 2.14 bits per heavy atom. The number of carboxylic acid groups (broad SMARTS) is 1. The molecule has 1 saturated heterocycles. The molecule has 2 amide bonds. The van der Waals surface area contributed by atoms with Gasteiger partial charge in [-0.3, -0.25) is 9.59 Å². The third-order valence-corrected chi connectivity index (χ3v) is 3.76. The summed E-state index contributed by atoms with van der Waals surface area (Å²) in [6.07, 6.45) is 3.59. The summed E-state index contributed by atoms with van der Waals surface area (Å²) in [5, 5.41) is 11.5. The van der Waals surface area contributed by atoms with E-state index in [4.69, 9.17) is 5.11 Å². The lowest BCUT2D eigenvalue weighted by Crippen LogP contribution is -2.29. The molecule has 0 aromatic carbocycles. The lowest BCUT2D eigenvalue weighted by molar-refractivity contribution is -0.128. The molecule has 0 radical (unpaired) electrons. The van der Waals surface area contributed by atoms with Gasteiger partial charge in [0, 0.05) is 30.9 Å². The lowest BCUT2D eigenvalue weighted by atomic mass is 10.1. The number of likely N-dealkylation sites (tertiary alicyclic amines) is 1. The molecule has 1 aromatic heterocycles. The van der Waals surface area contributed by atoms with E-state index < -0.39 is 5.97 Å². The van der Waals surface area contributed by atoms with Gasteiger partial charge >= 0.3 is 5.97 Å². The largest absolute Gasteiger partial charge is 0.477 e. The van der Waals surface area contributed by atoms with Crippen molar-refractivity contribution in [1.82, 2.24) is 9.88 Å². The van der Waals surface area contributed by atoms with Gasteiger partial charge < -0.3 is 15.3 Å². The Hall–Kier alpha value is -2.44. The van der Waals surface area contributed by atoms with Gasteiger partial charge in [0.1, 0.15) is 5.69 Å². The number of carboxylic acids is 1. The molecule has 7 heteroatoms. The SMILES string of the molecule is O=C(O)c1cc(NC(=O)C2CC(=O)N(C3CC3)C2)ccn1. The highest BCUT2D eigenvalue weighted by Crippen LogP contribution is 2.32. The first-order valence-corrected chi connectivity index (χ1v) is 6.84. The number of hydrogen-bond acceptors (Lipinski definition) is 4. The molecule has 1 unspecified atom stereocenters. The molecule has 1 aromatic rings. The smallest absolute Gasteiger partial charge is 0.354 e. The van der Waals surface area contributed by atoms with Crippen molar-refractivity contribution in [3.63, 3.8) is 0 Å². The van der Waals surface area contributed by atoms with E-state index >= 15 is 0 Å². The van der Waals surface area contributed by atoms with E-state index in [-0.39, 0.29) is 29.8 Å². The molecule has 2 N–H and O–H groups in total. The van der Waals surface area contributed by atoms with Gasteiger partial charge in [0.25, 0.3) is 0 Å². The number of aromatic nitrogens is 1. The van der Waals surface area contributed by atoms with Crippen molar-refractivity contribution in [3.8, 4) is 0 Å². The van der Waals surface area contributed by atoms with Gasteiger partial charge in [-0.1, -0.05) is 0 Å². The average molecular weight is 289 g/mol. The maximum atomic E-state index is 12.2. The van der Waals surface area contributed by atoms with Crippen LogP contribution in [0.1, 0.15) is 29.8 Å². The molecule has 1 atom stereocenters. The first-order valence-electron chi connectivity index (χ1n) is 6.84. The van der Waals surface area contributed by atoms with Crippen LogP contribution in [0.5, 0.6) is 0 Å². The Balaban J connectivity index is 1.65. The van der Waals surface area contributed by atoms with Gasteiger partial charge in [-0.05, 0) is 25.0 Å². The van der Waals surface area contributed by atoms with Crippen molar-refractivity contribution in [1.29, 1.82) is 0 Å². The number of carbonyl (C=O) groups is 3. The zero-order valence-corrected chi connectivity index (χ0v) is 11.3. The van der Waals surface area contributed by atoms with Gasteiger partial charge in [0.15, 0.2) is 0 Å². The molecule has 2 heterocycles. The number of hydrogen-bond donors (Lipinski definition) is 2. The van der Waals surface area contributed by atoms with Crippen LogP contribution >= 0.6 is 0 Å². The van der Waals surface area contributed by atoms with Gasteiger partial charge in [0.2, 0.25) is 11.8 Å². The van der Waals surface area contributed by atoms with Crippen LogP contribution in [0.2, 0.25) is 0 Å². The van der Waals surface area contributed by atoms with Gasteiger partial charge in [-0.2, -0.15) is 0 Å². The molecule has 110 valence electrons. The summed E-state index contributed by atoms with van der Waals surface area (Å²) in [6, 6.07) is 3.14. The van der Waals surface area contributed by atoms with E-state index in [0.717, 1.165) is 12.8 Å². The number of nitrogens with zero attached hydrogens (tertiary/aromatic N) is 2. The predicted molar refractivity (Wildman–Crippen MR) is 72.7 cm³/mol. The maximum absolute atomic E-state index is 12.2. The molecule has 21 heavy (non-hydrogen) atoms. The number of carbonyl (C=O) groups excluding carboxylic acids is 2. The van der Waals surface area contributed by atoms with Crippen LogP contribution < -0.4 is 5.32 Å². The van der Waals surface area contributed by atoms with Crippen molar-refractivity contribution < 1.29 is 19.5 Å². The van der Waals surface area contributed by atoms with Crippen LogP contribution in [-0.2, 0) is 9.59 Å². The second kappa shape index (κ2) is 5.16. The average Bonchev–Trinajstić information content (AvgIpc) is 3.22. The second-order valence-corrected chi connectivity index (χ2v) is 5.40. The lowest BCUT2D eigenvalue weighted by Gasteiger charge is -2.15. The number of anilines is 1. The monoisotopic (exact) mass is 289 g/mol. The minimum absolute atomic E-state index is 0.0265. The fourth-order valence-electron chi connectivity index (χ4n) is 2.52. The zero-order chi connectivity index (χ0) is 15.0. The third kappa shape index (κ3) is 2.86. The van der Waals surface area contributed by atoms with Crippen molar-refractivity contribution in [2.75, 3.05) is 11.9 Å². The highest BCUT2D eigenvalue weighted by Gasteiger charge is 2.41. The van der Waals surface area contributed by atoms with E-state index in [9.17, 15) is 14.4 Å². The minimum atomic E-state index is -1.15. The molecule has 0 spiro atoms. The molecule has 1 aliphatic heterocycles. The Bertz CT molecular complexity index is 612.